The Morgan fingerprint density at radius 3 is 2.95 bits per heavy atom. The number of carbonyl (C=O) groups excluding carboxylic acids is 1. The van der Waals surface area contributed by atoms with Crippen LogP contribution >= 0.6 is 11.3 Å². The second-order valence-corrected chi connectivity index (χ2v) is 6.72. The third kappa shape index (κ3) is 3.09. The van der Waals surface area contributed by atoms with E-state index >= 15 is 0 Å². The van der Waals surface area contributed by atoms with E-state index in [9.17, 15) is 14.3 Å². The maximum Gasteiger partial charge on any atom is 0.261 e. The summed E-state index contributed by atoms with van der Waals surface area (Å²) in [5.41, 5.74) is 0. The lowest BCUT2D eigenvalue weighted by Crippen LogP contribution is -2.31. The molecule has 1 heterocycles. The molecule has 112 valence electrons. The van der Waals surface area contributed by atoms with Crippen LogP contribution in [0.15, 0.2) is 24.3 Å². The summed E-state index contributed by atoms with van der Waals surface area (Å²) in [6, 6.07) is 6.35. The average Bonchev–Trinajstić information content (AvgIpc) is 3.10. The Hall–Kier alpha value is -1.46. The van der Waals surface area contributed by atoms with Crippen molar-refractivity contribution in [2.45, 2.75) is 19.3 Å². The first kappa shape index (κ1) is 14.5. The van der Waals surface area contributed by atoms with Gasteiger partial charge in [0.2, 0.25) is 0 Å². The lowest BCUT2D eigenvalue weighted by atomic mass is 9.97. The second kappa shape index (κ2) is 6.12. The fourth-order valence-corrected chi connectivity index (χ4v) is 4.05. The van der Waals surface area contributed by atoms with Crippen LogP contribution in [0.5, 0.6) is 0 Å². The van der Waals surface area contributed by atoms with E-state index in [4.69, 9.17) is 0 Å². The molecule has 1 aromatic carbocycles. The van der Waals surface area contributed by atoms with Gasteiger partial charge in [-0.2, -0.15) is 0 Å². The molecule has 1 aromatic heterocycles. The zero-order chi connectivity index (χ0) is 14.8. The van der Waals surface area contributed by atoms with Gasteiger partial charge in [0.25, 0.3) is 5.91 Å². The van der Waals surface area contributed by atoms with Gasteiger partial charge in [-0.15, -0.1) is 11.3 Å². The van der Waals surface area contributed by atoms with Crippen LogP contribution < -0.4 is 5.32 Å². The number of hydrogen-bond acceptors (Lipinski definition) is 3. The molecule has 1 aliphatic rings. The van der Waals surface area contributed by atoms with Crippen molar-refractivity contribution < 1.29 is 14.3 Å². The molecule has 2 N–H and O–H groups in total. The van der Waals surface area contributed by atoms with E-state index in [0.717, 1.165) is 29.3 Å². The highest BCUT2D eigenvalue weighted by Gasteiger charge is 2.27. The van der Waals surface area contributed by atoms with Crippen molar-refractivity contribution in [3.8, 4) is 0 Å². The minimum atomic E-state index is -0.284. The molecule has 0 radical (unpaired) electrons. The summed E-state index contributed by atoms with van der Waals surface area (Å²) < 4.78 is 14.0. The van der Waals surface area contributed by atoms with Crippen LogP contribution in [0.4, 0.5) is 4.39 Å². The maximum absolute atomic E-state index is 13.2. The van der Waals surface area contributed by atoms with E-state index in [1.807, 2.05) is 0 Å². The first-order valence-corrected chi connectivity index (χ1v) is 8.07. The molecule has 2 unspecified atom stereocenters. The molecule has 3 rings (SSSR count). The molecule has 0 bridgehead atoms. The van der Waals surface area contributed by atoms with Gasteiger partial charge in [0.05, 0.1) is 4.88 Å². The summed E-state index contributed by atoms with van der Waals surface area (Å²) in [7, 11) is 0. The van der Waals surface area contributed by atoms with Crippen LogP contribution in [-0.2, 0) is 0 Å². The van der Waals surface area contributed by atoms with Crippen molar-refractivity contribution in [1.82, 2.24) is 5.32 Å². The van der Waals surface area contributed by atoms with Crippen molar-refractivity contribution >= 4 is 27.3 Å². The lowest BCUT2D eigenvalue weighted by Gasteiger charge is -2.17. The molecule has 3 nitrogen and oxygen atoms in total. The number of benzene rings is 1. The molecule has 5 heteroatoms. The molecule has 0 aliphatic heterocycles. The molecular weight excluding hydrogens is 289 g/mol. The van der Waals surface area contributed by atoms with E-state index in [1.54, 1.807) is 12.1 Å². The molecule has 1 saturated carbocycles. The predicted molar refractivity (Wildman–Crippen MR) is 82.0 cm³/mol. The number of fused-ring (bicyclic) bond motifs is 1. The molecule has 0 spiro atoms. The summed E-state index contributed by atoms with van der Waals surface area (Å²) in [6.45, 7) is 0.801. The fourth-order valence-electron chi connectivity index (χ4n) is 3.05. The number of amides is 1. The van der Waals surface area contributed by atoms with Crippen LogP contribution in [0, 0.1) is 17.7 Å². The number of carbonyl (C=O) groups is 1. The van der Waals surface area contributed by atoms with E-state index in [0.29, 0.717) is 23.3 Å². The third-order valence-electron chi connectivity index (χ3n) is 4.28. The van der Waals surface area contributed by atoms with Crippen LogP contribution in [0.25, 0.3) is 10.1 Å². The number of rotatable bonds is 4. The minimum absolute atomic E-state index is 0.111. The van der Waals surface area contributed by atoms with Gasteiger partial charge in [-0.25, -0.2) is 4.39 Å². The van der Waals surface area contributed by atoms with Crippen LogP contribution in [0.2, 0.25) is 0 Å². The standard InChI is InChI=1S/C16H18FNO2S/c17-13-5-4-10-6-15(21-14(10)7-13)16(20)18-8-11-2-1-3-12(11)9-19/h4-7,11-12,19H,1-3,8-9H2,(H,18,20). The third-order valence-corrected chi connectivity index (χ3v) is 5.38. The Labute approximate surface area is 126 Å². The molecular formula is C16H18FNO2S. The van der Waals surface area contributed by atoms with Crippen molar-refractivity contribution in [2.24, 2.45) is 11.8 Å². The highest BCUT2D eigenvalue weighted by molar-refractivity contribution is 7.20. The Balaban J connectivity index is 1.66. The molecule has 1 aliphatic carbocycles. The Morgan fingerprint density at radius 2 is 2.14 bits per heavy atom. The highest BCUT2D eigenvalue weighted by Crippen LogP contribution is 2.31. The van der Waals surface area contributed by atoms with Crippen LogP contribution in [-0.4, -0.2) is 24.2 Å². The maximum atomic E-state index is 13.2. The fraction of sp³-hybridized carbons (Fsp3) is 0.438. The van der Waals surface area contributed by atoms with Gasteiger partial charge < -0.3 is 10.4 Å². The number of aliphatic hydroxyl groups excluding tert-OH is 1. The number of halogens is 1. The monoisotopic (exact) mass is 307 g/mol. The SMILES string of the molecule is O=C(NCC1CCCC1CO)c1cc2ccc(F)cc2s1. The van der Waals surface area contributed by atoms with Gasteiger partial charge in [0, 0.05) is 17.9 Å². The van der Waals surface area contributed by atoms with Crippen LogP contribution in [0.1, 0.15) is 28.9 Å². The topological polar surface area (TPSA) is 49.3 Å². The van der Waals surface area contributed by atoms with Crippen LogP contribution in [0.3, 0.4) is 0 Å². The van der Waals surface area contributed by atoms with Crippen molar-refractivity contribution in [3.05, 3.63) is 35.0 Å². The summed E-state index contributed by atoms with van der Waals surface area (Å²) in [6.07, 6.45) is 3.22. The predicted octanol–water partition coefficient (Wildman–Crippen LogP) is 3.18. The number of aliphatic hydroxyl groups is 1. The quantitative estimate of drug-likeness (QED) is 0.911. The first-order chi connectivity index (χ1) is 10.2. The van der Waals surface area contributed by atoms with Gasteiger partial charge >= 0.3 is 0 Å². The smallest absolute Gasteiger partial charge is 0.261 e. The van der Waals surface area contributed by atoms with E-state index in [2.05, 4.69) is 5.32 Å². The molecule has 1 fully saturated rings. The zero-order valence-corrected chi connectivity index (χ0v) is 12.5. The van der Waals surface area contributed by atoms with E-state index in [-0.39, 0.29) is 18.3 Å². The largest absolute Gasteiger partial charge is 0.396 e. The van der Waals surface area contributed by atoms with Crippen molar-refractivity contribution in [2.75, 3.05) is 13.2 Å². The normalized spacial score (nSPS) is 21.8. The second-order valence-electron chi connectivity index (χ2n) is 5.64. The molecule has 21 heavy (non-hydrogen) atoms. The Bertz CT molecular complexity index is 655. The van der Waals surface area contributed by atoms with Gasteiger partial charge in [-0.3, -0.25) is 4.79 Å². The number of hydrogen-bond donors (Lipinski definition) is 2. The zero-order valence-electron chi connectivity index (χ0n) is 11.6. The first-order valence-electron chi connectivity index (χ1n) is 7.25. The van der Waals surface area contributed by atoms with Gasteiger partial charge in [-0.05, 0) is 48.3 Å². The Kier molecular flexibility index (Phi) is 4.22. The van der Waals surface area contributed by atoms with Gasteiger partial charge in [0.15, 0.2) is 0 Å². The molecule has 2 aromatic rings. The van der Waals surface area contributed by atoms with E-state index in [1.165, 1.54) is 23.5 Å². The lowest BCUT2D eigenvalue weighted by molar-refractivity contribution is 0.0942. The van der Waals surface area contributed by atoms with E-state index < -0.39 is 0 Å². The summed E-state index contributed by atoms with van der Waals surface area (Å²) in [5, 5.41) is 13.1. The summed E-state index contributed by atoms with van der Waals surface area (Å²) in [5.74, 6) is 0.279. The number of thiophene rings is 1. The van der Waals surface area contributed by atoms with Gasteiger partial charge in [-0.1, -0.05) is 12.5 Å². The summed E-state index contributed by atoms with van der Waals surface area (Å²) >= 11 is 1.31. The minimum Gasteiger partial charge on any atom is -0.396 e. The number of nitrogens with one attached hydrogen (secondary N) is 1. The van der Waals surface area contributed by atoms with Crippen molar-refractivity contribution in [3.63, 3.8) is 0 Å². The Morgan fingerprint density at radius 1 is 1.33 bits per heavy atom. The average molecular weight is 307 g/mol. The molecule has 2 atom stereocenters. The van der Waals surface area contributed by atoms with Gasteiger partial charge in [0.1, 0.15) is 5.82 Å². The molecule has 1 amide bonds. The van der Waals surface area contributed by atoms with Crippen molar-refractivity contribution in [1.29, 1.82) is 0 Å². The highest BCUT2D eigenvalue weighted by atomic mass is 32.1. The summed E-state index contributed by atoms with van der Waals surface area (Å²) in [4.78, 5) is 12.8. The molecule has 0 saturated heterocycles.